The number of rotatable bonds is 4. The van der Waals surface area contributed by atoms with Gasteiger partial charge >= 0.3 is 0 Å². The van der Waals surface area contributed by atoms with E-state index in [1.54, 1.807) is 11.8 Å². The number of benzene rings is 1. The lowest BCUT2D eigenvalue weighted by molar-refractivity contribution is -0.131. The Kier molecular flexibility index (Phi) is 4.37. The summed E-state index contributed by atoms with van der Waals surface area (Å²) < 4.78 is 0. The summed E-state index contributed by atoms with van der Waals surface area (Å²) in [5.74, 6) is 1.02. The molecule has 1 saturated heterocycles. The minimum atomic E-state index is -1.21. The Morgan fingerprint density at radius 1 is 1.58 bits per heavy atom. The summed E-state index contributed by atoms with van der Waals surface area (Å²) in [5, 5.41) is 13.0. The average molecular weight is 280 g/mol. The first-order valence-electron chi connectivity index (χ1n) is 6.48. The Hall–Kier alpha value is -1.20. The van der Waals surface area contributed by atoms with Crippen LogP contribution in [-0.4, -0.2) is 41.7 Å². The van der Waals surface area contributed by atoms with Gasteiger partial charge in [0.05, 0.1) is 0 Å². The van der Waals surface area contributed by atoms with Crippen LogP contribution in [-0.2, 0) is 4.79 Å². The second-order valence-corrected chi connectivity index (χ2v) is 5.96. The lowest BCUT2D eigenvalue weighted by atomic mass is 10.0. The van der Waals surface area contributed by atoms with E-state index in [1.807, 2.05) is 31.3 Å². The van der Waals surface area contributed by atoms with Gasteiger partial charge in [0, 0.05) is 30.7 Å². The smallest absolute Gasteiger partial charge is 0.257 e. The fourth-order valence-electron chi connectivity index (χ4n) is 1.98. The topological polar surface area (TPSA) is 52.6 Å². The largest absolute Gasteiger partial charge is 0.379 e. The first-order chi connectivity index (χ1) is 9.05. The molecule has 1 aromatic carbocycles. The molecule has 4 nitrogen and oxygen atoms in total. The third-order valence-corrected chi connectivity index (χ3v) is 4.62. The van der Waals surface area contributed by atoms with Gasteiger partial charge in [0.25, 0.3) is 5.91 Å². The number of nitrogens with one attached hydrogen (secondary N) is 1. The molecule has 1 aromatic rings. The van der Waals surface area contributed by atoms with E-state index in [4.69, 9.17) is 0 Å². The second kappa shape index (κ2) is 5.84. The highest BCUT2D eigenvalue weighted by Gasteiger charge is 2.39. The molecule has 1 aliphatic heterocycles. The highest BCUT2D eigenvalue weighted by atomic mass is 32.2. The molecule has 1 fully saturated rings. The minimum absolute atomic E-state index is 0.297. The second-order valence-electron chi connectivity index (χ2n) is 4.85. The van der Waals surface area contributed by atoms with E-state index in [0.717, 1.165) is 23.7 Å². The Morgan fingerprint density at radius 2 is 2.37 bits per heavy atom. The van der Waals surface area contributed by atoms with Gasteiger partial charge < -0.3 is 15.3 Å². The quantitative estimate of drug-likeness (QED) is 0.885. The Labute approximate surface area is 118 Å². The molecule has 2 N–H and O–H groups in total. The number of carbonyl (C=O) groups excluding carboxylic acids is 1. The zero-order valence-electron chi connectivity index (χ0n) is 11.3. The van der Waals surface area contributed by atoms with Crippen molar-refractivity contribution in [2.75, 3.05) is 35.3 Å². The SMILES string of the molecule is CCN(C)c1cccc(NC(=O)C2(O)CCSC2)c1. The van der Waals surface area contributed by atoms with Gasteiger partial charge in [0.15, 0.2) is 5.60 Å². The van der Waals surface area contributed by atoms with Crippen LogP contribution >= 0.6 is 11.8 Å². The van der Waals surface area contributed by atoms with Crippen molar-refractivity contribution >= 4 is 29.0 Å². The van der Waals surface area contributed by atoms with Crippen LogP contribution < -0.4 is 10.2 Å². The summed E-state index contributed by atoms with van der Waals surface area (Å²) in [6.07, 6.45) is 0.526. The molecule has 1 aliphatic rings. The van der Waals surface area contributed by atoms with Crippen LogP contribution in [0.25, 0.3) is 0 Å². The third-order valence-electron chi connectivity index (χ3n) is 3.44. The number of thioether (sulfide) groups is 1. The van der Waals surface area contributed by atoms with Crippen molar-refractivity contribution in [3.8, 4) is 0 Å². The van der Waals surface area contributed by atoms with Crippen LogP contribution in [0.2, 0.25) is 0 Å². The van der Waals surface area contributed by atoms with Gasteiger partial charge in [-0.3, -0.25) is 4.79 Å². The minimum Gasteiger partial charge on any atom is -0.379 e. The van der Waals surface area contributed by atoms with Crippen LogP contribution in [0, 0.1) is 0 Å². The Bertz CT molecular complexity index is 459. The maximum Gasteiger partial charge on any atom is 0.257 e. The molecule has 2 rings (SSSR count). The van der Waals surface area contributed by atoms with E-state index in [-0.39, 0.29) is 5.91 Å². The predicted octanol–water partition coefficient (Wildman–Crippen LogP) is 1.95. The summed E-state index contributed by atoms with van der Waals surface area (Å²) in [6.45, 7) is 2.97. The van der Waals surface area contributed by atoms with Crippen LogP contribution in [0.1, 0.15) is 13.3 Å². The number of carbonyl (C=O) groups is 1. The zero-order chi connectivity index (χ0) is 13.9. The fourth-order valence-corrected chi connectivity index (χ4v) is 3.22. The van der Waals surface area contributed by atoms with E-state index >= 15 is 0 Å². The molecule has 1 heterocycles. The number of aliphatic hydroxyl groups is 1. The molecular weight excluding hydrogens is 260 g/mol. The third kappa shape index (κ3) is 3.22. The molecule has 1 unspecified atom stereocenters. The summed E-state index contributed by atoms with van der Waals surface area (Å²) in [5.41, 5.74) is 0.568. The zero-order valence-corrected chi connectivity index (χ0v) is 12.2. The Balaban J connectivity index is 2.08. The maximum atomic E-state index is 12.1. The molecule has 0 bridgehead atoms. The molecule has 19 heavy (non-hydrogen) atoms. The summed E-state index contributed by atoms with van der Waals surface area (Å²) in [6, 6.07) is 7.67. The molecule has 1 atom stereocenters. The van der Waals surface area contributed by atoms with Crippen molar-refractivity contribution in [1.82, 2.24) is 0 Å². The number of hydrogen-bond donors (Lipinski definition) is 2. The van der Waals surface area contributed by atoms with Crippen LogP contribution in [0.15, 0.2) is 24.3 Å². The van der Waals surface area contributed by atoms with Crippen LogP contribution in [0.4, 0.5) is 11.4 Å². The molecule has 0 aromatic heterocycles. The van der Waals surface area contributed by atoms with E-state index in [0.29, 0.717) is 12.2 Å². The lowest BCUT2D eigenvalue weighted by Crippen LogP contribution is -2.42. The van der Waals surface area contributed by atoms with Gasteiger partial charge in [-0.05, 0) is 37.3 Å². The molecule has 5 heteroatoms. The first kappa shape index (κ1) is 14.2. The Morgan fingerprint density at radius 3 is 3.00 bits per heavy atom. The highest BCUT2D eigenvalue weighted by Crippen LogP contribution is 2.29. The number of hydrogen-bond acceptors (Lipinski definition) is 4. The highest BCUT2D eigenvalue weighted by molar-refractivity contribution is 7.99. The van der Waals surface area contributed by atoms with E-state index in [2.05, 4.69) is 17.1 Å². The fraction of sp³-hybridized carbons (Fsp3) is 0.500. The summed E-state index contributed by atoms with van der Waals surface area (Å²) in [7, 11) is 2.00. The number of amides is 1. The lowest BCUT2D eigenvalue weighted by Gasteiger charge is -2.21. The molecule has 1 amide bonds. The normalized spacial score (nSPS) is 22.3. The number of anilines is 2. The van der Waals surface area contributed by atoms with Crippen LogP contribution in [0.3, 0.4) is 0 Å². The predicted molar refractivity (Wildman–Crippen MR) is 80.9 cm³/mol. The van der Waals surface area contributed by atoms with Crippen molar-refractivity contribution < 1.29 is 9.90 Å². The van der Waals surface area contributed by atoms with Crippen molar-refractivity contribution in [2.45, 2.75) is 18.9 Å². The van der Waals surface area contributed by atoms with Gasteiger partial charge in [-0.2, -0.15) is 11.8 Å². The van der Waals surface area contributed by atoms with Crippen LogP contribution in [0.5, 0.6) is 0 Å². The summed E-state index contributed by atoms with van der Waals surface area (Å²) in [4.78, 5) is 14.2. The molecular formula is C14H20N2O2S. The van der Waals surface area contributed by atoms with E-state index in [1.165, 1.54) is 0 Å². The van der Waals surface area contributed by atoms with Crippen molar-refractivity contribution in [1.29, 1.82) is 0 Å². The molecule has 0 aliphatic carbocycles. The van der Waals surface area contributed by atoms with Crippen molar-refractivity contribution in [3.05, 3.63) is 24.3 Å². The van der Waals surface area contributed by atoms with Gasteiger partial charge in [0.2, 0.25) is 0 Å². The first-order valence-corrected chi connectivity index (χ1v) is 7.63. The van der Waals surface area contributed by atoms with Gasteiger partial charge in [0.1, 0.15) is 0 Å². The average Bonchev–Trinajstić information content (AvgIpc) is 2.86. The van der Waals surface area contributed by atoms with Gasteiger partial charge in [-0.1, -0.05) is 6.07 Å². The standard InChI is InChI=1S/C14H20N2O2S/c1-3-16(2)12-6-4-5-11(9-12)15-13(17)14(18)7-8-19-10-14/h4-6,9,18H,3,7-8,10H2,1-2H3,(H,15,17). The number of nitrogens with zero attached hydrogens (tertiary/aromatic N) is 1. The van der Waals surface area contributed by atoms with Crippen molar-refractivity contribution in [2.24, 2.45) is 0 Å². The molecule has 104 valence electrons. The molecule has 0 spiro atoms. The van der Waals surface area contributed by atoms with Crippen molar-refractivity contribution in [3.63, 3.8) is 0 Å². The summed E-state index contributed by atoms with van der Waals surface area (Å²) >= 11 is 1.61. The van der Waals surface area contributed by atoms with Gasteiger partial charge in [-0.15, -0.1) is 0 Å². The monoisotopic (exact) mass is 280 g/mol. The molecule has 0 radical (unpaired) electrons. The maximum absolute atomic E-state index is 12.1. The van der Waals surface area contributed by atoms with Gasteiger partial charge in [-0.25, -0.2) is 0 Å². The van der Waals surface area contributed by atoms with E-state index in [9.17, 15) is 9.90 Å². The van der Waals surface area contributed by atoms with E-state index < -0.39 is 5.60 Å². The molecule has 0 saturated carbocycles.